The van der Waals surface area contributed by atoms with Gasteiger partial charge in [-0.3, -0.25) is 0 Å². The van der Waals surface area contributed by atoms with Crippen LogP contribution < -0.4 is 0 Å². The van der Waals surface area contributed by atoms with E-state index in [1.165, 1.54) is 50.5 Å². The molecule has 3 fully saturated rings. The molecule has 1 heteroatoms. The van der Waals surface area contributed by atoms with Gasteiger partial charge in [-0.05, 0) is 107 Å². The number of fused-ring (bicyclic) bond motifs is 5. The summed E-state index contributed by atoms with van der Waals surface area (Å²) in [4.78, 5) is 0. The van der Waals surface area contributed by atoms with Gasteiger partial charge in [0.1, 0.15) is 0 Å². The second-order valence-electron chi connectivity index (χ2n) is 12.3. The van der Waals surface area contributed by atoms with Crippen LogP contribution in [0.2, 0.25) is 0 Å². The van der Waals surface area contributed by atoms with Crippen molar-refractivity contribution in [3.63, 3.8) is 0 Å². The molecule has 0 spiro atoms. The van der Waals surface area contributed by atoms with E-state index in [9.17, 15) is 5.11 Å². The number of aliphatic hydroxyl groups is 1. The Morgan fingerprint density at radius 1 is 1.03 bits per heavy atom. The van der Waals surface area contributed by atoms with Crippen LogP contribution in [0.1, 0.15) is 99.8 Å². The fourth-order valence-corrected chi connectivity index (χ4v) is 7.96. The average Bonchev–Trinajstić information content (AvgIpc) is 2.99. The third-order valence-corrected chi connectivity index (χ3v) is 9.87. The van der Waals surface area contributed by atoms with E-state index in [1.54, 1.807) is 5.57 Å². The van der Waals surface area contributed by atoms with Crippen LogP contribution in [0.25, 0.3) is 0 Å². The van der Waals surface area contributed by atoms with Gasteiger partial charge in [-0.2, -0.15) is 0 Å². The summed E-state index contributed by atoms with van der Waals surface area (Å²) in [7, 11) is 0. The van der Waals surface area contributed by atoms with Crippen molar-refractivity contribution in [1.29, 1.82) is 0 Å². The van der Waals surface area contributed by atoms with E-state index in [0.717, 1.165) is 24.2 Å². The van der Waals surface area contributed by atoms with Gasteiger partial charge in [0, 0.05) is 5.41 Å². The molecule has 0 radical (unpaired) electrons. The largest absolute Gasteiger partial charge is 0.392 e. The molecule has 0 aromatic carbocycles. The maximum absolute atomic E-state index is 10.6. The van der Waals surface area contributed by atoms with Gasteiger partial charge in [0.05, 0.1) is 6.10 Å². The van der Waals surface area contributed by atoms with Crippen molar-refractivity contribution in [2.75, 3.05) is 0 Å². The molecular weight excluding hydrogens is 364 g/mol. The minimum absolute atomic E-state index is 0.0260. The molecule has 0 heterocycles. The molecule has 0 bridgehead atoms. The lowest BCUT2D eigenvalue weighted by molar-refractivity contribution is -0.0906. The highest BCUT2D eigenvalue weighted by Crippen LogP contribution is 2.69. The highest BCUT2D eigenvalue weighted by atomic mass is 16.3. The molecule has 0 saturated heterocycles. The van der Waals surface area contributed by atoms with Gasteiger partial charge in [0.25, 0.3) is 0 Å². The Bertz CT molecular complexity index is 693. The summed E-state index contributed by atoms with van der Waals surface area (Å²) in [6.07, 6.45) is 17.5. The minimum Gasteiger partial charge on any atom is -0.392 e. The Morgan fingerprint density at radius 3 is 2.30 bits per heavy atom. The van der Waals surface area contributed by atoms with Gasteiger partial charge in [-0.25, -0.2) is 0 Å². The first-order valence-corrected chi connectivity index (χ1v) is 12.6. The first-order valence-electron chi connectivity index (χ1n) is 12.6. The van der Waals surface area contributed by atoms with E-state index in [4.69, 9.17) is 0 Å². The molecule has 0 aromatic heterocycles. The van der Waals surface area contributed by atoms with Crippen molar-refractivity contribution >= 4 is 0 Å². The summed E-state index contributed by atoms with van der Waals surface area (Å²) in [5, 5.41) is 10.6. The molecule has 5 unspecified atom stereocenters. The Labute approximate surface area is 187 Å². The molecule has 0 amide bonds. The highest BCUT2D eigenvalue weighted by molar-refractivity contribution is 5.29. The Hall–Kier alpha value is -0.820. The second-order valence-corrected chi connectivity index (χ2v) is 12.3. The lowest BCUT2D eigenvalue weighted by Crippen LogP contribution is -2.54. The number of allylic oxidation sites excluding steroid dienone is 4. The fraction of sp³-hybridized carbons (Fsp3) is 0.793. The van der Waals surface area contributed by atoms with Crippen LogP contribution in [0.5, 0.6) is 0 Å². The number of rotatable bonds is 2. The topological polar surface area (TPSA) is 20.2 Å². The van der Waals surface area contributed by atoms with E-state index in [0.29, 0.717) is 16.7 Å². The van der Waals surface area contributed by atoms with Crippen molar-refractivity contribution in [2.45, 2.75) is 106 Å². The van der Waals surface area contributed by atoms with Gasteiger partial charge < -0.3 is 5.11 Å². The average molecular weight is 413 g/mol. The number of hydrogen-bond donors (Lipinski definition) is 1. The van der Waals surface area contributed by atoms with Crippen molar-refractivity contribution in [3.05, 3.63) is 36.0 Å². The summed E-state index contributed by atoms with van der Waals surface area (Å²) in [5.74, 6) is 3.36. The molecule has 170 valence electrons. The molecule has 0 aliphatic heterocycles. The smallest absolute Gasteiger partial charge is 0.0628 e. The van der Waals surface area contributed by atoms with E-state index in [-0.39, 0.29) is 11.5 Å². The molecule has 30 heavy (non-hydrogen) atoms. The molecule has 0 aromatic rings. The van der Waals surface area contributed by atoms with Gasteiger partial charge in [-0.15, -0.1) is 6.58 Å². The second kappa shape index (κ2) is 8.61. The van der Waals surface area contributed by atoms with Gasteiger partial charge in [-0.1, -0.05) is 57.1 Å². The third-order valence-electron chi connectivity index (χ3n) is 9.87. The third kappa shape index (κ3) is 3.89. The number of hydrogen-bond acceptors (Lipinski definition) is 1. The summed E-state index contributed by atoms with van der Waals surface area (Å²) >= 11 is 0. The van der Waals surface area contributed by atoms with E-state index in [1.807, 2.05) is 13.8 Å². The predicted octanol–water partition coefficient (Wildman–Crippen LogP) is 8.11. The van der Waals surface area contributed by atoms with Crippen LogP contribution in [0, 0.1) is 39.9 Å². The van der Waals surface area contributed by atoms with Crippen LogP contribution in [-0.2, 0) is 0 Å². The fourth-order valence-electron chi connectivity index (χ4n) is 7.96. The van der Waals surface area contributed by atoms with Crippen molar-refractivity contribution < 1.29 is 5.11 Å². The molecule has 7 atom stereocenters. The predicted molar refractivity (Wildman–Crippen MR) is 130 cm³/mol. The lowest BCUT2D eigenvalue weighted by Gasteiger charge is -2.61. The van der Waals surface area contributed by atoms with Gasteiger partial charge in [0.15, 0.2) is 0 Å². The number of aliphatic hydroxyl groups excluding tert-OH is 1. The molecule has 1 N–H and O–H groups in total. The van der Waals surface area contributed by atoms with E-state index in [2.05, 4.69) is 59.4 Å². The Balaban J connectivity index is 0.000000589. The first-order chi connectivity index (χ1) is 14.0. The molecule has 4 aliphatic carbocycles. The molecule has 4 rings (SSSR count). The zero-order chi connectivity index (χ0) is 22.3. The van der Waals surface area contributed by atoms with Crippen LogP contribution in [0.4, 0.5) is 0 Å². The minimum atomic E-state index is -0.157. The van der Waals surface area contributed by atoms with E-state index >= 15 is 0 Å². The van der Waals surface area contributed by atoms with Crippen LogP contribution in [-0.4, -0.2) is 11.2 Å². The zero-order valence-corrected chi connectivity index (χ0v) is 20.9. The Morgan fingerprint density at radius 2 is 1.67 bits per heavy atom. The molecular formula is C29H48O. The quantitative estimate of drug-likeness (QED) is 0.454. The van der Waals surface area contributed by atoms with Gasteiger partial charge in [0.2, 0.25) is 0 Å². The summed E-state index contributed by atoms with van der Waals surface area (Å²) in [5.41, 5.74) is 3.75. The van der Waals surface area contributed by atoms with E-state index < -0.39 is 0 Å². The molecule has 1 nitrogen and oxygen atoms in total. The van der Waals surface area contributed by atoms with Crippen LogP contribution in [0.3, 0.4) is 0 Å². The van der Waals surface area contributed by atoms with Crippen LogP contribution >= 0.6 is 0 Å². The van der Waals surface area contributed by atoms with Crippen molar-refractivity contribution in [2.24, 2.45) is 39.9 Å². The molecule has 4 aliphatic rings. The SMILES string of the molecule is C/C=C/C[C@H]1CCC2C3CC=C4C(CCC(O)C4(C)C)C3(C)CC[C@@]21C.C=C(C)C. The van der Waals surface area contributed by atoms with Crippen molar-refractivity contribution in [3.8, 4) is 0 Å². The summed E-state index contributed by atoms with van der Waals surface area (Å²) in [6.45, 7) is 19.5. The van der Waals surface area contributed by atoms with Crippen LogP contribution in [0.15, 0.2) is 36.0 Å². The zero-order valence-electron chi connectivity index (χ0n) is 20.9. The maximum atomic E-state index is 10.6. The van der Waals surface area contributed by atoms with Gasteiger partial charge >= 0.3 is 0 Å². The Kier molecular flexibility index (Phi) is 6.84. The summed E-state index contributed by atoms with van der Waals surface area (Å²) < 4.78 is 0. The monoisotopic (exact) mass is 412 g/mol. The lowest BCUT2D eigenvalue weighted by atomic mass is 9.43. The standard InChI is InChI=1S/C25H40O.C4H8/c1-6-7-8-17-9-10-20-21-12-11-18-19(13-14-22(26)23(18,2)3)25(21,5)16-15-24(17,20)4;1-4(2)3/h6-7,11,17,19-22,26H,8-10,12-16H2,1-5H3;1H2,2-3H3/b7-6+;/t17-,19?,20?,21?,22?,24+,25?;/m0./s1. The highest BCUT2D eigenvalue weighted by Gasteiger charge is 2.61. The summed E-state index contributed by atoms with van der Waals surface area (Å²) in [6, 6.07) is 0. The molecule has 3 saturated carbocycles. The first kappa shape index (κ1) is 23.8. The van der Waals surface area contributed by atoms with Crippen molar-refractivity contribution in [1.82, 2.24) is 0 Å². The normalized spacial score (nSPS) is 44.3. The maximum Gasteiger partial charge on any atom is 0.0628 e.